The van der Waals surface area contributed by atoms with E-state index in [0.29, 0.717) is 30.4 Å². The Kier molecular flexibility index (Phi) is 4.50. The zero-order chi connectivity index (χ0) is 13.7. The summed E-state index contributed by atoms with van der Waals surface area (Å²) in [5.74, 6) is -0.0598. The van der Waals surface area contributed by atoms with Gasteiger partial charge in [0.05, 0.1) is 18.2 Å². The van der Waals surface area contributed by atoms with Crippen LogP contribution in [0.25, 0.3) is 0 Å². The van der Waals surface area contributed by atoms with Gasteiger partial charge in [-0.25, -0.2) is 0 Å². The lowest BCUT2D eigenvalue weighted by molar-refractivity contribution is -0.117. The average molecular weight is 258 g/mol. The van der Waals surface area contributed by atoms with E-state index in [0.717, 1.165) is 19.4 Å². The molecule has 0 aliphatic carbocycles. The maximum absolute atomic E-state index is 12.0. The molecule has 100 valence electrons. The predicted molar refractivity (Wildman–Crippen MR) is 73.4 cm³/mol. The highest BCUT2D eigenvalue weighted by Gasteiger charge is 2.24. The van der Waals surface area contributed by atoms with Gasteiger partial charge in [-0.15, -0.1) is 0 Å². The summed E-state index contributed by atoms with van der Waals surface area (Å²) in [6, 6.07) is 9.28. The number of carbonyl (C=O) groups excluding carboxylic acids is 1. The summed E-state index contributed by atoms with van der Waals surface area (Å²) in [6.07, 6.45) is 2.16. The number of hydrogen-bond donors (Lipinski definition) is 2. The van der Waals surface area contributed by atoms with Gasteiger partial charge in [0.1, 0.15) is 0 Å². The maximum atomic E-state index is 12.0. The van der Waals surface area contributed by atoms with Gasteiger partial charge >= 0.3 is 0 Å². The first-order chi connectivity index (χ1) is 9.22. The third kappa shape index (κ3) is 3.53. The summed E-state index contributed by atoms with van der Waals surface area (Å²) >= 11 is 0. The second-order valence-electron chi connectivity index (χ2n) is 4.74. The first-order valence-electron chi connectivity index (χ1n) is 6.47. The van der Waals surface area contributed by atoms with Crippen LogP contribution in [0.2, 0.25) is 0 Å². The van der Waals surface area contributed by atoms with Crippen LogP contribution in [-0.4, -0.2) is 36.5 Å². The lowest BCUT2D eigenvalue weighted by atomic mass is 10.2. The van der Waals surface area contributed by atoms with Gasteiger partial charge in [0.25, 0.3) is 0 Å². The van der Waals surface area contributed by atoms with Gasteiger partial charge in [0.2, 0.25) is 5.91 Å². The van der Waals surface area contributed by atoms with Crippen molar-refractivity contribution < 1.29 is 4.79 Å². The van der Waals surface area contributed by atoms with Crippen molar-refractivity contribution >= 4 is 11.6 Å². The second-order valence-corrected chi connectivity index (χ2v) is 4.74. The van der Waals surface area contributed by atoms with Gasteiger partial charge in [-0.2, -0.15) is 5.26 Å². The molecule has 19 heavy (non-hydrogen) atoms. The molecule has 1 amide bonds. The fraction of sp³-hybridized carbons (Fsp3) is 0.429. The number of amides is 1. The van der Waals surface area contributed by atoms with Crippen molar-refractivity contribution in [3.8, 4) is 6.07 Å². The number of nitriles is 1. The predicted octanol–water partition coefficient (Wildman–Crippen LogP) is 0.920. The molecule has 1 aromatic carbocycles. The maximum Gasteiger partial charge on any atom is 0.238 e. The molecule has 5 nitrogen and oxygen atoms in total. The molecule has 1 heterocycles. The van der Waals surface area contributed by atoms with E-state index in [1.165, 1.54) is 0 Å². The zero-order valence-corrected chi connectivity index (χ0v) is 10.8. The topological polar surface area (TPSA) is 82.2 Å². The van der Waals surface area contributed by atoms with Crippen molar-refractivity contribution in [1.29, 1.82) is 5.26 Å². The van der Waals surface area contributed by atoms with Crippen molar-refractivity contribution in [3.63, 3.8) is 0 Å². The van der Waals surface area contributed by atoms with E-state index in [1.807, 2.05) is 0 Å². The van der Waals surface area contributed by atoms with Crippen LogP contribution in [-0.2, 0) is 4.79 Å². The van der Waals surface area contributed by atoms with Crippen molar-refractivity contribution in [2.45, 2.75) is 18.9 Å². The molecule has 1 aromatic rings. The number of rotatable bonds is 4. The van der Waals surface area contributed by atoms with Crippen LogP contribution in [0, 0.1) is 11.3 Å². The smallest absolute Gasteiger partial charge is 0.238 e. The molecule has 3 N–H and O–H groups in total. The van der Waals surface area contributed by atoms with E-state index >= 15 is 0 Å². The fourth-order valence-electron chi connectivity index (χ4n) is 2.42. The van der Waals surface area contributed by atoms with Gasteiger partial charge in [0, 0.05) is 18.3 Å². The highest BCUT2D eigenvalue weighted by atomic mass is 16.2. The quantitative estimate of drug-likeness (QED) is 0.841. The molecule has 1 unspecified atom stereocenters. The molecule has 0 saturated carbocycles. The number of benzene rings is 1. The third-order valence-electron chi connectivity index (χ3n) is 3.39. The highest BCUT2D eigenvalue weighted by molar-refractivity contribution is 5.92. The molecule has 1 aliphatic rings. The third-order valence-corrected chi connectivity index (χ3v) is 3.39. The minimum Gasteiger partial charge on any atom is -0.329 e. The van der Waals surface area contributed by atoms with E-state index in [4.69, 9.17) is 11.0 Å². The normalized spacial score (nSPS) is 19.1. The van der Waals surface area contributed by atoms with Crippen LogP contribution < -0.4 is 11.1 Å². The Morgan fingerprint density at radius 1 is 1.58 bits per heavy atom. The summed E-state index contributed by atoms with van der Waals surface area (Å²) in [6.45, 7) is 1.88. The van der Waals surface area contributed by atoms with E-state index in [1.54, 1.807) is 24.3 Å². The zero-order valence-electron chi connectivity index (χ0n) is 10.8. The lowest BCUT2D eigenvalue weighted by Crippen LogP contribution is -2.40. The Morgan fingerprint density at radius 3 is 3.16 bits per heavy atom. The largest absolute Gasteiger partial charge is 0.329 e. The Labute approximate surface area is 113 Å². The van der Waals surface area contributed by atoms with Crippen LogP contribution in [0.4, 0.5) is 5.69 Å². The first kappa shape index (κ1) is 13.5. The van der Waals surface area contributed by atoms with E-state index < -0.39 is 0 Å². The van der Waals surface area contributed by atoms with Crippen molar-refractivity contribution in [1.82, 2.24) is 4.90 Å². The fourth-order valence-corrected chi connectivity index (χ4v) is 2.42. The van der Waals surface area contributed by atoms with Gasteiger partial charge in [-0.3, -0.25) is 9.69 Å². The molecule has 1 fully saturated rings. The Hall–Kier alpha value is -1.90. The minimum atomic E-state index is -0.0598. The molecule has 5 heteroatoms. The van der Waals surface area contributed by atoms with Crippen LogP contribution in [0.1, 0.15) is 18.4 Å². The number of nitrogens with one attached hydrogen (secondary N) is 1. The molecule has 0 spiro atoms. The standard InChI is InChI=1S/C14H18N4O/c15-8-11-3-1-4-12(7-11)17-14(19)10-18-6-2-5-13(18)9-16/h1,3-4,7,13H,2,5-6,9-10,16H2,(H,17,19). The molecule has 0 radical (unpaired) electrons. The van der Waals surface area contributed by atoms with Crippen LogP contribution >= 0.6 is 0 Å². The number of carbonyl (C=O) groups is 1. The SMILES string of the molecule is N#Cc1cccc(NC(=O)CN2CCCC2CN)c1. The van der Waals surface area contributed by atoms with Gasteiger partial charge in [0.15, 0.2) is 0 Å². The molecule has 2 rings (SSSR count). The summed E-state index contributed by atoms with van der Waals surface area (Å²) in [7, 11) is 0. The van der Waals surface area contributed by atoms with Crippen molar-refractivity contribution in [2.75, 3.05) is 25.0 Å². The summed E-state index contributed by atoms with van der Waals surface area (Å²) < 4.78 is 0. The van der Waals surface area contributed by atoms with Crippen molar-refractivity contribution in [3.05, 3.63) is 29.8 Å². The monoisotopic (exact) mass is 258 g/mol. The Morgan fingerprint density at radius 2 is 2.42 bits per heavy atom. The van der Waals surface area contributed by atoms with Gasteiger partial charge < -0.3 is 11.1 Å². The van der Waals surface area contributed by atoms with Crippen molar-refractivity contribution in [2.24, 2.45) is 5.73 Å². The van der Waals surface area contributed by atoms with Gasteiger partial charge in [-0.05, 0) is 37.6 Å². The molecular weight excluding hydrogens is 240 g/mol. The van der Waals surface area contributed by atoms with Gasteiger partial charge in [-0.1, -0.05) is 6.07 Å². The number of anilines is 1. The van der Waals surface area contributed by atoms with E-state index in [-0.39, 0.29) is 5.91 Å². The second kappa shape index (κ2) is 6.32. The minimum absolute atomic E-state index is 0.0598. The number of likely N-dealkylation sites (tertiary alicyclic amines) is 1. The molecule has 0 bridgehead atoms. The number of nitrogens with zero attached hydrogens (tertiary/aromatic N) is 2. The van der Waals surface area contributed by atoms with E-state index in [2.05, 4.69) is 16.3 Å². The molecule has 1 saturated heterocycles. The van der Waals surface area contributed by atoms with Crippen LogP contribution in [0.15, 0.2) is 24.3 Å². The highest BCUT2D eigenvalue weighted by Crippen LogP contribution is 2.16. The molecule has 0 aromatic heterocycles. The molecule has 1 aliphatic heterocycles. The molecule has 1 atom stereocenters. The van der Waals surface area contributed by atoms with Crippen LogP contribution in [0.3, 0.4) is 0 Å². The number of nitrogens with two attached hydrogens (primary N) is 1. The van der Waals surface area contributed by atoms with E-state index in [9.17, 15) is 4.79 Å². The Balaban J connectivity index is 1.92. The number of hydrogen-bond acceptors (Lipinski definition) is 4. The molecular formula is C14H18N4O. The average Bonchev–Trinajstić information content (AvgIpc) is 2.86. The first-order valence-corrected chi connectivity index (χ1v) is 6.47. The summed E-state index contributed by atoms with van der Waals surface area (Å²) in [4.78, 5) is 14.1. The Bertz CT molecular complexity index is 494. The summed E-state index contributed by atoms with van der Waals surface area (Å²) in [5.41, 5.74) is 6.88. The summed E-state index contributed by atoms with van der Waals surface area (Å²) in [5, 5.41) is 11.6. The lowest BCUT2D eigenvalue weighted by Gasteiger charge is -2.22. The van der Waals surface area contributed by atoms with Crippen LogP contribution in [0.5, 0.6) is 0 Å².